The third kappa shape index (κ3) is 7.37. The first-order valence-electron chi connectivity index (χ1n) is 10.1. The maximum Gasteiger partial charge on any atom is 0.573 e. The van der Waals surface area contributed by atoms with Gasteiger partial charge >= 0.3 is 12.4 Å². The Morgan fingerprint density at radius 2 is 1.56 bits per heavy atom. The van der Waals surface area contributed by atoms with E-state index < -0.39 is 18.1 Å². The lowest BCUT2D eigenvalue weighted by Gasteiger charge is -2.11. The molecule has 0 aliphatic rings. The number of aryl methyl sites for hydroxylation is 1. The second-order valence-electron chi connectivity index (χ2n) is 7.06. The number of ether oxygens (including phenoxy) is 1. The molecule has 10 heteroatoms. The number of urea groups is 1. The Bertz CT molecular complexity index is 1160. The zero-order chi connectivity index (χ0) is 24.6. The second kappa shape index (κ2) is 11.0. The van der Waals surface area contributed by atoms with Gasteiger partial charge in [0.05, 0.1) is 12.3 Å². The Morgan fingerprint density at radius 3 is 2.21 bits per heavy atom. The van der Waals surface area contributed by atoms with Crippen LogP contribution >= 0.6 is 0 Å². The van der Waals surface area contributed by atoms with Gasteiger partial charge in [-0.2, -0.15) is 5.10 Å². The lowest BCUT2D eigenvalue weighted by molar-refractivity contribution is -0.274. The number of halogens is 3. The smallest absolute Gasteiger partial charge is 0.406 e. The van der Waals surface area contributed by atoms with Crippen LogP contribution in [0, 0.1) is 6.92 Å². The topological polar surface area (TPSA) is 91.8 Å². The summed E-state index contributed by atoms with van der Waals surface area (Å²) >= 11 is 0. The van der Waals surface area contributed by atoms with E-state index in [1.165, 1.54) is 12.1 Å². The van der Waals surface area contributed by atoms with Gasteiger partial charge in [0, 0.05) is 11.3 Å². The van der Waals surface area contributed by atoms with Gasteiger partial charge in [-0.25, -0.2) is 10.2 Å². The number of hydrogen-bond acceptors (Lipinski definition) is 4. The van der Waals surface area contributed by atoms with E-state index in [0.717, 1.165) is 17.7 Å². The molecule has 0 fully saturated rings. The van der Waals surface area contributed by atoms with Crippen molar-refractivity contribution < 1.29 is 27.5 Å². The van der Waals surface area contributed by atoms with Crippen molar-refractivity contribution in [1.82, 2.24) is 10.7 Å². The molecule has 0 bridgehead atoms. The first kappa shape index (κ1) is 24.3. The van der Waals surface area contributed by atoms with Crippen molar-refractivity contribution in [2.75, 3.05) is 11.9 Å². The predicted octanol–water partition coefficient (Wildman–Crippen LogP) is 4.85. The molecule has 0 saturated heterocycles. The lowest BCUT2D eigenvalue weighted by Crippen LogP contribution is -2.33. The van der Waals surface area contributed by atoms with Crippen molar-refractivity contribution in [3.05, 3.63) is 95.6 Å². The van der Waals surface area contributed by atoms with E-state index in [0.29, 0.717) is 16.8 Å². The van der Waals surface area contributed by atoms with Gasteiger partial charge in [0.2, 0.25) is 0 Å². The Hall–Kier alpha value is -4.34. The molecule has 3 aromatic carbocycles. The Balaban J connectivity index is 1.65. The Labute approximate surface area is 193 Å². The zero-order valence-corrected chi connectivity index (χ0v) is 18.0. The number of hydrazone groups is 1. The second-order valence-corrected chi connectivity index (χ2v) is 7.06. The van der Waals surface area contributed by atoms with Crippen LogP contribution < -0.4 is 20.8 Å². The summed E-state index contributed by atoms with van der Waals surface area (Å²) in [6.45, 7) is 1.87. The van der Waals surface area contributed by atoms with Gasteiger partial charge < -0.3 is 15.4 Å². The molecule has 0 aliphatic heterocycles. The highest BCUT2D eigenvalue weighted by atomic mass is 19.4. The highest BCUT2D eigenvalue weighted by Gasteiger charge is 2.30. The van der Waals surface area contributed by atoms with Crippen LogP contribution in [0.4, 0.5) is 23.7 Å². The zero-order valence-electron chi connectivity index (χ0n) is 18.0. The molecule has 3 N–H and O–H groups in total. The van der Waals surface area contributed by atoms with Crippen molar-refractivity contribution in [1.29, 1.82) is 0 Å². The molecule has 0 radical (unpaired) electrons. The minimum Gasteiger partial charge on any atom is -0.406 e. The van der Waals surface area contributed by atoms with Crippen LogP contribution in [0.3, 0.4) is 0 Å². The lowest BCUT2D eigenvalue weighted by atomic mass is 10.1. The van der Waals surface area contributed by atoms with Crippen molar-refractivity contribution >= 4 is 23.3 Å². The molecule has 0 atom stereocenters. The molecular weight excluding hydrogens is 449 g/mol. The van der Waals surface area contributed by atoms with E-state index in [1.54, 1.807) is 36.4 Å². The number of hydrogen-bond donors (Lipinski definition) is 3. The summed E-state index contributed by atoms with van der Waals surface area (Å²) in [5.74, 6) is -0.695. The largest absolute Gasteiger partial charge is 0.573 e. The van der Waals surface area contributed by atoms with E-state index in [4.69, 9.17) is 0 Å². The van der Waals surface area contributed by atoms with Crippen molar-refractivity contribution in [2.45, 2.75) is 13.3 Å². The minimum atomic E-state index is -4.80. The number of amides is 3. The number of alkyl halides is 3. The maximum atomic E-state index is 12.5. The molecule has 0 unspecified atom stereocenters. The molecule has 34 heavy (non-hydrogen) atoms. The van der Waals surface area contributed by atoms with Crippen LogP contribution in [0.15, 0.2) is 84.0 Å². The standard InChI is InChI=1S/C24H21F3N4O3/c1-16-7-5-6-10-20(16)22(32)28-15-21(17-8-3-2-4-9-17)30-31-23(33)29-18-11-13-19(14-12-18)34-24(25,26)27/h2-14H,15H2,1H3,(H,28,32)(H2,29,31,33)/b30-21-. The Morgan fingerprint density at radius 1 is 0.912 bits per heavy atom. The van der Waals surface area contributed by atoms with Gasteiger partial charge in [0.1, 0.15) is 5.75 Å². The summed E-state index contributed by atoms with van der Waals surface area (Å²) < 4.78 is 40.6. The normalized spacial score (nSPS) is 11.5. The van der Waals surface area contributed by atoms with Gasteiger partial charge in [-0.3, -0.25) is 4.79 Å². The number of benzene rings is 3. The fourth-order valence-electron chi connectivity index (χ4n) is 2.94. The summed E-state index contributed by atoms with van der Waals surface area (Å²) in [7, 11) is 0. The maximum absolute atomic E-state index is 12.5. The van der Waals surface area contributed by atoms with Crippen molar-refractivity contribution in [2.24, 2.45) is 5.10 Å². The number of rotatable bonds is 7. The van der Waals surface area contributed by atoms with Crippen molar-refractivity contribution in [3.8, 4) is 5.75 Å². The average Bonchev–Trinajstić information content (AvgIpc) is 2.80. The highest BCUT2D eigenvalue weighted by molar-refractivity contribution is 6.06. The molecule has 3 aromatic rings. The van der Waals surface area contributed by atoms with Gasteiger partial charge in [-0.05, 0) is 48.4 Å². The van der Waals surface area contributed by atoms with Crippen LogP contribution in [0.25, 0.3) is 0 Å². The molecule has 0 saturated carbocycles. The molecule has 176 valence electrons. The minimum absolute atomic E-state index is 0.0426. The summed E-state index contributed by atoms with van der Waals surface area (Å²) in [5, 5.41) is 9.36. The number of carbonyl (C=O) groups is 2. The first-order chi connectivity index (χ1) is 16.2. The quantitative estimate of drug-likeness (QED) is 0.341. The van der Waals surface area contributed by atoms with Gasteiger partial charge in [-0.1, -0.05) is 48.5 Å². The predicted molar refractivity (Wildman–Crippen MR) is 122 cm³/mol. The van der Waals surface area contributed by atoms with Gasteiger partial charge in [0.25, 0.3) is 5.91 Å². The van der Waals surface area contributed by atoms with E-state index in [2.05, 4.69) is 25.9 Å². The summed E-state index contributed by atoms with van der Waals surface area (Å²) in [4.78, 5) is 24.8. The fourth-order valence-corrected chi connectivity index (χ4v) is 2.94. The monoisotopic (exact) mass is 470 g/mol. The van der Waals surface area contributed by atoms with E-state index in [1.807, 2.05) is 25.1 Å². The van der Waals surface area contributed by atoms with Crippen LogP contribution in [-0.2, 0) is 0 Å². The number of nitrogens with zero attached hydrogens (tertiary/aromatic N) is 1. The summed E-state index contributed by atoms with van der Waals surface area (Å²) in [6.07, 6.45) is -4.80. The van der Waals surface area contributed by atoms with Crippen LogP contribution in [-0.4, -0.2) is 30.6 Å². The molecule has 0 heterocycles. The molecular formula is C24H21F3N4O3. The SMILES string of the molecule is Cc1ccccc1C(=O)NC/C(=N/NC(=O)Nc1ccc(OC(F)(F)F)cc1)c1ccccc1. The molecule has 7 nitrogen and oxygen atoms in total. The van der Waals surface area contributed by atoms with Crippen LogP contribution in [0.2, 0.25) is 0 Å². The summed E-state index contributed by atoms with van der Waals surface area (Å²) in [5.41, 5.74) is 4.99. The molecule has 0 aromatic heterocycles. The highest BCUT2D eigenvalue weighted by Crippen LogP contribution is 2.23. The van der Waals surface area contributed by atoms with Crippen molar-refractivity contribution in [3.63, 3.8) is 0 Å². The number of carbonyl (C=O) groups excluding carboxylic acids is 2. The van der Waals surface area contributed by atoms with E-state index in [-0.39, 0.29) is 18.1 Å². The molecule has 0 spiro atoms. The molecule has 0 aliphatic carbocycles. The van der Waals surface area contributed by atoms with E-state index in [9.17, 15) is 22.8 Å². The third-order valence-electron chi connectivity index (χ3n) is 4.55. The number of nitrogens with one attached hydrogen (secondary N) is 3. The van der Waals surface area contributed by atoms with Gasteiger partial charge in [-0.15, -0.1) is 13.2 Å². The molecule has 3 rings (SSSR count). The van der Waals surface area contributed by atoms with Gasteiger partial charge in [0.15, 0.2) is 0 Å². The number of anilines is 1. The fraction of sp³-hybridized carbons (Fsp3) is 0.125. The van der Waals surface area contributed by atoms with Crippen LogP contribution in [0.5, 0.6) is 5.75 Å². The molecule has 3 amide bonds. The average molecular weight is 470 g/mol. The van der Waals surface area contributed by atoms with E-state index >= 15 is 0 Å². The third-order valence-corrected chi connectivity index (χ3v) is 4.55. The summed E-state index contributed by atoms with van der Waals surface area (Å²) in [6, 6.07) is 20.0. The Kier molecular flexibility index (Phi) is 7.86. The first-order valence-corrected chi connectivity index (χ1v) is 10.1. The van der Waals surface area contributed by atoms with Crippen LogP contribution in [0.1, 0.15) is 21.5 Å².